The number of benzene rings is 2. The second-order valence-corrected chi connectivity index (χ2v) is 6.37. The molecule has 136 valence electrons. The molecule has 0 amide bonds. The molecule has 0 radical (unpaired) electrons. The van der Waals surface area contributed by atoms with E-state index in [1.54, 1.807) is 18.2 Å². The molecule has 0 aliphatic carbocycles. The molecule has 3 rings (SSSR count). The van der Waals surface area contributed by atoms with E-state index < -0.39 is 0 Å². The molecule has 0 bridgehead atoms. The minimum absolute atomic E-state index is 0.116. The molecule has 1 heterocycles. The van der Waals surface area contributed by atoms with Gasteiger partial charge in [0.15, 0.2) is 23.9 Å². The van der Waals surface area contributed by atoms with Crippen molar-refractivity contribution in [2.45, 2.75) is 26.2 Å². The summed E-state index contributed by atoms with van der Waals surface area (Å²) in [6.45, 7) is 3.90. The Morgan fingerprint density at radius 2 is 1.81 bits per heavy atom. The van der Waals surface area contributed by atoms with E-state index in [9.17, 15) is 9.59 Å². The van der Waals surface area contributed by atoms with Gasteiger partial charge in [-0.25, -0.2) is 0 Å². The van der Waals surface area contributed by atoms with Crippen LogP contribution in [0.2, 0.25) is 0 Å². The summed E-state index contributed by atoms with van der Waals surface area (Å²) in [5.74, 6) is 0.229. The molecule has 2 aromatic rings. The Hall–Kier alpha value is -2.82. The third-order valence-corrected chi connectivity index (χ3v) is 4.67. The van der Waals surface area contributed by atoms with Crippen molar-refractivity contribution in [1.29, 1.82) is 0 Å². The molecular weight excluding hydrogens is 332 g/mol. The Morgan fingerprint density at radius 3 is 2.54 bits per heavy atom. The maximum atomic E-state index is 12.6. The number of carbonyl (C=O) groups is 2. The zero-order valence-corrected chi connectivity index (χ0v) is 14.9. The fourth-order valence-electron chi connectivity index (χ4n) is 2.97. The molecule has 5 heteroatoms. The molecule has 1 aliphatic heterocycles. The summed E-state index contributed by atoms with van der Waals surface area (Å²) in [4.78, 5) is 25.0. The van der Waals surface area contributed by atoms with Crippen LogP contribution in [0.5, 0.6) is 11.5 Å². The third-order valence-electron chi connectivity index (χ3n) is 4.67. The van der Waals surface area contributed by atoms with Crippen molar-refractivity contribution in [1.82, 2.24) is 0 Å². The maximum Gasteiger partial charge on any atom is 0.314 e. The van der Waals surface area contributed by atoms with Gasteiger partial charge in [-0.3, -0.25) is 9.59 Å². The fraction of sp³-hybridized carbons (Fsp3) is 0.333. The third kappa shape index (κ3) is 3.87. The lowest BCUT2D eigenvalue weighted by Crippen LogP contribution is -2.24. The van der Waals surface area contributed by atoms with Crippen LogP contribution in [-0.2, 0) is 9.53 Å². The van der Waals surface area contributed by atoms with Crippen LogP contribution in [0.15, 0.2) is 48.5 Å². The van der Waals surface area contributed by atoms with E-state index in [0.29, 0.717) is 17.1 Å². The Morgan fingerprint density at radius 1 is 1.08 bits per heavy atom. The highest BCUT2D eigenvalue weighted by Gasteiger charge is 2.28. The number of esters is 1. The number of Topliss-reactive ketones (excluding diaryl/α,β-unsaturated/α-hetero) is 1. The molecule has 0 saturated carbocycles. The molecule has 2 atom stereocenters. The minimum Gasteiger partial charge on any atom is -0.457 e. The summed E-state index contributed by atoms with van der Waals surface area (Å²) >= 11 is 0. The molecule has 2 aromatic carbocycles. The second-order valence-electron chi connectivity index (χ2n) is 6.37. The summed E-state index contributed by atoms with van der Waals surface area (Å²) in [6.07, 6.45) is 0.838. The highest BCUT2D eigenvalue weighted by Crippen LogP contribution is 2.33. The van der Waals surface area contributed by atoms with Crippen LogP contribution >= 0.6 is 0 Å². The lowest BCUT2D eigenvalue weighted by Gasteiger charge is -2.21. The highest BCUT2D eigenvalue weighted by molar-refractivity contribution is 5.98. The van der Waals surface area contributed by atoms with Crippen LogP contribution in [0.4, 0.5) is 0 Å². The Kier molecular flexibility index (Phi) is 5.56. The zero-order valence-electron chi connectivity index (χ0n) is 14.9. The normalized spacial score (nSPS) is 14.5. The lowest BCUT2D eigenvalue weighted by atomic mass is 9.85. The fourth-order valence-corrected chi connectivity index (χ4v) is 2.97. The highest BCUT2D eigenvalue weighted by atomic mass is 16.7. The Balaban J connectivity index is 1.67. The summed E-state index contributed by atoms with van der Waals surface area (Å²) < 4.78 is 15.9. The van der Waals surface area contributed by atoms with Crippen LogP contribution in [0.25, 0.3) is 0 Å². The monoisotopic (exact) mass is 354 g/mol. The molecule has 0 N–H and O–H groups in total. The van der Waals surface area contributed by atoms with Crippen LogP contribution in [0, 0.1) is 5.92 Å². The van der Waals surface area contributed by atoms with Gasteiger partial charge in [0.25, 0.3) is 0 Å². The largest absolute Gasteiger partial charge is 0.457 e. The van der Waals surface area contributed by atoms with Crippen molar-refractivity contribution in [3.8, 4) is 11.5 Å². The smallest absolute Gasteiger partial charge is 0.314 e. The average Bonchev–Trinajstić information content (AvgIpc) is 3.14. The SMILES string of the molecule is CC[C@@H](C)[C@@H](C(=O)OCC(=O)c1ccc2c(c1)OCO2)c1ccccc1. The molecule has 0 unspecified atom stereocenters. The first-order valence-corrected chi connectivity index (χ1v) is 8.74. The number of ketones is 1. The molecule has 5 nitrogen and oxygen atoms in total. The minimum atomic E-state index is -0.384. The Bertz CT molecular complexity index is 784. The van der Waals surface area contributed by atoms with Gasteiger partial charge in [0.1, 0.15) is 0 Å². The van der Waals surface area contributed by atoms with Gasteiger partial charge in [0.05, 0.1) is 5.92 Å². The van der Waals surface area contributed by atoms with Crippen LogP contribution in [0.3, 0.4) is 0 Å². The topological polar surface area (TPSA) is 61.8 Å². The summed E-state index contributed by atoms with van der Waals surface area (Å²) in [5, 5.41) is 0. The number of hydrogen-bond acceptors (Lipinski definition) is 5. The first kappa shape index (κ1) is 18.0. The van der Waals surface area contributed by atoms with Crippen LogP contribution in [0.1, 0.15) is 42.1 Å². The predicted molar refractivity (Wildman–Crippen MR) is 96.5 cm³/mol. The number of carbonyl (C=O) groups excluding carboxylic acids is 2. The Labute approximate surface area is 152 Å². The van der Waals surface area contributed by atoms with Crippen molar-refractivity contribution in [3.05, 3.63) is 59.7 Å². The molecular formula is C21H22O5. The van der Waals surface area contributed by atoms with Gasteiger partial charge in [0.2, 0.25) is 6.79 Å². The average molecular weight is 354 g/mol. The summed E-state index contributed by atoms with van der Waals surface area (Å²) in [5.41, 5.74) is 1.34. The standard InChI is InChI=1S/C21H22O5/c1-3-14(2)20(15-7-5-4-6-8-15)21(23)24-12-17(22)16-9-10-18-19(11-16)26-13-25-18/h4-11,14,20H,3,12-13H2,1-2H3/t14-,20-/m1/s1. The first-order valence-electron chi connectivity index (χ1n) is 8.74. The van der Waals surface area contributed by atoms with Crippen LogP contribution in [-0.4, -0.2) is 25.2 Å². The molecule has 0 spiro atoms. The van der Waals surface area contributed by atoms with Gasteiger partial charge in [-0.1, -0.05) is 50.6 Å². The lowest BCUT2D eigenvalue weighted by molar-refractivity contribution is -0.145. The number of hydrogen-bond donors (Lipinski definition) is 0. The molecule has 0 aromatic heterocycles. The van der Waals surface area contributed by atoms with Crippen LogP contribution < -0.4 is 9.47 Å². The van der Waals surface area contributed by atoms with E-state index in [-0.39, 0.29) is 37.0 Å². The first-order chi connectivity index (χ1) is 12.6. The van der Waals surface area contributed by atoms with Gasteiger partial charge in [-0.15, -0.1) is 0 Å². The number of rotatable bonds is 7. The molecule has 0 saturated heterocycles. The second kappa shape index (κ2) is 8.04. The quantitative estimate of drug-likeness (QED) is 0.556. The van der Waals surface area contributed by atoms with Gasteiger partial charge in [0, 0.05) is 5.56 Å². The molecule has 26 heavy (non-hydrogen) atoms. The maximum absolute atomic E-state index is 12.6. The zero-order chi connectivity index (χ0) is 18.5. The van der Waals surface area contributed by atoms with Gasteiger partial charge in [-0.05, 0) is 29.7 Å². The van der Waals surface area contributed by atoms with E-state index >= 15 is 0 Å². The van der Waals surface area contributed by atoms with Gasteiger partial charge >= 0.3 is 5.97 Å². The van der Waals surface area contributed by atoms with Crippen molar-refractivity contribution >= 4 is 11.8 Å². The van der Waals surface area contributed by atoms with Gasteiger partial charge in [-0.2, -0.15) is 0 Å². The molecule has 1 aliphatic rings. The van der Waals surface area contributed by atoms with E-state index in [1.165, 1.54) is 0 Å². The summed E-state index contributed by atoms with van der Waals surface area (Å²) in [6, 6.07) is 14.5. The summed E-state index contributed by atoms with van der Waals surface area (Å²) in [7, 11) is 0. The van der Waals surface area contributed by atoms with E-state index in [4.69, 9.17) is 14.2 Å². The predicted octanol–water partition coefficient (Wildman–Crippen LogP) is 3.97. The van der Waals surface area contributed by atoms with E-state index in [1.807, 2.05) is 44.2 Å². The van der Waals surface area contributed by atoms with Crippen molar-refractivity contribution < 1.29 is 23.8 Å². The van der Waals surface area contributed by atoms with Gasteiger partial charge < -0.3 is 14.2 Å². The van der Waals surface area contributed by atoms with E-state index in [2.05, 4.69) is 0 Å². The van der Waals surface area contributed by atoms with Crippen molar-refractivity contribution in [2.75, 3.05) is 13.4 Å². The number of fused-ring (bicyclic) bond motifs is 1. The van der Waals surface area contributed by atoms with Crippen molar-refractivity contribution in [2.24, 2.45) is 5.92 Å². The van der Waals surface area contributed by atoms with Crippen molar-refractivity contribution in [3.63, 3.8) is 0 Å². The molecule has 0 fully saturated rings. The van der Waals surface area contributed by atoms with E-state index in [0.717, 1.165) is 12.0 Å². The number of ether oxygens (including phenoxy) is 3.